The summed E-state index contributed by atoms with van der Waals surface area (Å²) in [6.07, 6.45) is 1.24. The number of carbonyl (C=O) groups is 2. The smallest absolute Gasteiger partial charge is 0.410 e. The average molecular weight is 287 g/mol. The maximum atomic E-state index is 11.9. The van der Waals surface area contributed by atoms with Gasteiger partial charge in [-0.15, -0.1) is 0 Å². The largest absolute Gasteiger partial charge is 0.444 e. The lowest BCUT2D eigenvalue weighted by Gasteiger charge is -2.40. The van der Waals surface area contributed by atoms with E-state index >= 15 is 0 Å². The zero-order valence-corrected chi connectivity index (χ0v) is 12.8. The van der Waals surface area contributed by atoms with E-state index in [1.807, 2.05) is 32.9 Å². The molecule has 1 amide bonds. The first kappa shape index (κ1) is 14.1. The van der Waals surface area contributed by atoms with Crippen molar-refractivity contribution in [2.75, 3.05) is 13.1 Å². The van der Waals surface area contributed by atoms with Crippen LogP contribution in [0.4, 0.5) is 4.79 Å². The number of amides is 1. The van der Waals surface area contributed by atoms with Gasteiger partial charge >= 0.3 is 6.09 Å². The highest BCUT2D eigenvalue weighted by Crippen LogP contribution is 2.32. The van der Waals surface area contributed by atoms with Gasteiger partial charge in [0.15, 0.2) is 5.78 Å². The van der Waals surface area contributed by atoms with Crippen LogP contribution in [0.15, 0.2) is 18.2 Å². The van der Waals surface area contributed by atoms with E-state index in [-0.39, 0.29) is 11.9 Å². The number of carbonyl (C=O) groups excluding carboxylic acids is 2. The SMILES string of the molecule is CC(C)(C)OC(=O)N1CC(c2ccc3c(c2)CCC3=O)C1. The summed E-state index contributed by atoms with van der Waals surface area (Å²) >= 11 is 0. The molecule has 1 aliphatic heterocycles. The highest BCUT2D eigenvalue weighted by Gasteiger charge is 2.35. The third-order valence-electron chi connectivity index (χ3n) is 4.06. The summed E-state index contributed by atoms with van der Waals surface area (Å²) in [6.45, 7) is 7.02. The molecule has 1 saturated heterocycles. The molecule has 112 valence electrons. The molecule has 1 fully saturated rings. The zero-order valence-electron chi connectivity index (χ0n) is 12.8. The molecule has 0 atom stereocenters. The van der Waals surface area contributed by atoms with Crippen molar-refractivity contribution in [2.45, 2.75) is 45.1 Å². The fourth-order valence-corrected chi connectivity index (χ4v) is 2.89. The van der Waals surface area contributed by atoms with Crippen LogP contribution in [0.1, 0.15) is 54.6 Å². The second-order valence-corrected chi connectivity index (χ2v) is 6.92. The molecule has 0 bridgehead atoms. The second-order valence-electron chi connectivity index (χ2n) is 6.92. The quantitative estimate of drug-likeness (QED) is 0.797. The Labute approximate surface area is 125 Å². The van der Waals surface area contributed by atoms with Gasteiger partial charge in [-0.2, -0.15) is 0 Å². The lowest BCUT2D eigenvalue weighted by atomic mass is 9.90. The third-order valence-corrected chi connectivity index (χ3v) is 4.06. The summed E-state index contributed by atoms with van der Waals surface area (Å²) in [5, 5.41) is 0. The average Bonchev–Trinajstić information content (AvgIpc) is 2.66. The minimum Gasteiger partial charge on any atom is -0.444 e. The van der Waals surface area contributed by atoms with E-state index in [1.54, 1.807) is 4.90 Å². The summed E-state index contributed by atoms with van der Waals surface area (Å²) in [5.41, 5.74) is 2.81. The van der Waals surface area contributed by atoms with Crippen LogP contribution in [-0.4, -0.2) is 35.5 Å². The van der Waals surface area contributed by atoms with E-state index in [1.165, 1.54) is 5.56 Å². The highest BCUT2D eigenvalue weighted by molar-refractivity contribution is 6.00. The Morgan fingerprint density at radius 1 is 1.24 bits per heavy atom. The number of ether oxygens (including phenoxy) is 1. The van der Waals surface area contributed by atoms with E-state index in [9.17, 15) is 9.59 Å². The Morgan fingerprint density at radius 2 is 1.95 bits per heavy atom. The number of benzene rings is 1. The topological polar surface area (TPSA) is 46.6 Å². The van der Waals surface area contributed by atoms with Crippen molar-refractivity contribution in [1.82, 2.24) is 4.90 Å². The molecule has 1 heterocycles. The van der Waals surface area contributed by atoms with Crippen LogP contribution in [0.25, 0.3) is 0 Å². The Morgan fingerprint density at radius 3 is 2.62 bits per heavy atom. The van der Waals surface area contributed by atoms with Crippen molar-refractivity contribution in [3.8, 4) is 0 Å². The molecule has 0 unspecified atom stereocenters. The standard InChI is InChI=1S/C17H21NO3/c1-17(2,3)21-16(20)18-9-13(10-18)11-4-6-14-12(8-11)5-7-15(14)19/h4,6,8,13H,5,7,9-10H2,1-3H3. The summed E-state index contributed by atoms with van der Waals surface area (Å²) in [4.78, 5) is 25.3. The summed E-state index contributed by atoms with van der Waals surface area (Å²) in [7, 11) is 0. The minimum absolute atomic E-state index is 0.241. The van der Waals surface area contributed by atoms with Gasteiger partial charge in [0, 0.05) is 31.0 Å². The molecular weight excluding hydrogens is 266 g/mol. The number of nitrogens with zero attached hydrogens (tertiary/aromatic N) is 1. The van der Waals surface area contributed by atoms with E-state index in [0.29, 0.717) is 25.4 Å². The zero-order chi connectivity index (χ0) is 15.2. The molecular formula is C17H21NO3. The van der Waals surface area contributed by atoms with Crippen LogP contribution in [0.3, 0.4) is 0 Å². The van der Waals surface area contributed by atoms with E-state index in [0.717, 1.165) is 17.5 Å². The molecule has 0 radical (unpaired) electrons. The number of aryl methyl sites for hydroxylation is 1. The van der Waals surface area contributed by atoms with Crippen LogP contribution in [0.2, 0.25) is 0 Å². The van der Waals surface area contributed by atoms with Gasteiger partial charge in [-0.3, -0.25) is 4.79 Å². The van der Waals surface area contributed by atoms with Gasteiger partial charge in [0.25, 0.3) is 0 Å². The van der Waals surface area contributed by atoms with Crippen molar-refractivity contribution in [2.24, 2.45) is 0 Å². The van der Waals surface area contributed by atoms with Crippen LogP contribution in [-0.2, 0) is 11.2 Å². The van der Waals surface area contributed by atoms with E-state index < -0.39 is 5.60 Å². The van der Waals surface area contributed by atoms with Gasteiger partial charge in [0.2, 0.25) is 0 Å². The van der Waals surface area contributed by atoms with Gasteiger partial charge in [0.05, 0.1) is 0 Å². The summed E-state index contributed by atoms with van der Waals surface area (Å²) in [5.74, 6) is 0.610. The molecule has 0 N–H and O–H groups in total. The number of hydrogen-bond acceptors (Lipinski definition) is 3. The fraction of sp³-hybridized carbons (Fsp3) is 0.529. The van der Waals surface area contributed by atoms with Crippen LogP contribution < -0.4 is 0 Å². The number of Topliss-reactive ketones (excluding diaryl/α,β-unsaturated/α-hetero) is 1. The lowest BCUT2D eigenvalue weighted by molar-refractivity contribution is 0.00819. The molecule has 4 nitrogen and oxygen atoms in total. The van der Waals surface area contributed by atoms with Gasteiger partial charge in [0.1, 0.15) is 5.60 Å². The molecule has 21 heavy (non-hydrogen) atoms. The number of likely N-dealkylation sites (tertiary alicyclic amines) is 1. The lowest BCUT2D eigenvalue weighted by Crippen LogP contribution is -2.50. The summed E-state index contributed by atoms with van der Waals surface area (Å²) < 4.78 is 5.36. The molecule has 2 aliphatic rings. The van der Waals surface area contributed by atoms with E-state index in [2.05, 4.69) is 6.07 Å². The van der Waals surface area contributed by atoms with Gasteiger partial charge in [-0.1, -0.05) is 18.2 Å². The molecule has 0 saturated carbocycles. The predicted molar refractivity (Wildman–Crippen MR) is 79.6 cm³/mol. The first-order chi connectivity index (χ1) is 9.83. The molecule has 4 heteroatoms. The molecule has 3 rings (SSSR count). The maximum Gasteiger partial charge on any atom is 0.410 e. The molecule has 0 spiro atoms. The van der Waals surface area contributed by atoms with Gasteiger partial charge < -0.3 is 9.64 Å². The maximum absolute atomic E-state index is 11.9. The van der Waals surface area contributed by atoms with Crippen molar-refractivity contribution in [3.05, 3.63) is 34.9 Å². The monoisotopic (exact) mass is 287 g/mol. The first-order valence-corrected chi connectivity index (χ1v) is 7.47. The third kappa shape index (κ3) is 2.80. The Kier molecular flexibility index (Phi) is 3.27. The van der Waals surface area contributed by atoms with Crippen molar-refractivity contribution < 1.29 is 14.3 Å². The Bertz CT molecular complexity index is 595. The predicted octanol–water partition coefficient (Wildman–Crippen LogP) is 3.15. The number of rotatable bonds is 1. The van der Waals surface area contributed by atoms with Crippen molar-refractivity contribution in [1.29, 1.82) is 0 Å². The molecule has 1 aromatic rings. The van der Waals surface area contributed by atoms with Crippen LogP contribution >= 0.6 is 0 Å². The second kappa shape index (κ2) is 4.86. The normalized spacial score (nSPS) is 18.4. The Balaban J connectivity index is 1.62. The molecule has 1 aromatic carbocycles. The van der Waals surface area contributed by atoms with Crippen LogP contribution in [0.5, 0.6) is 0 Å². The minimum atomic E-state index is -0.448. The van der Waals surface area contributed by atoms with Crippen LogP contribution in [0, 0.1) is 0 Å². The number of ketones is 1. The first-order valence-electron chi connectivity index (χ1n) is 7.47. The molecule has 1 aliphatic carbocycles. The fourth-order valence-electron chi connectivity index (χ4n) is 2.89. The number of fused-ring (bicyclic) bond motifs is 1. The summed E-state index contributed by atoms with van der Waals surface area (Å²) in [6, 6.07) is 6.10. The highest BCUT2D eigenvalue weighted by atomic mass is 16.6. The van der Waals surface area contributed by atoms with Crippen molar-refractivity contribution >= 4 is 11.9 Å². The Hall–Kier alpha value is -1.84. The van der Waals surface area contributed by atoms with E-state index in [4.69, 9.17) is 4.74 Å². The van der Waals surface area contributed by atoms with Gasteiger partial charge in [-0.25, -0.2) is 4.79 Å². The number of hydrogen-bond donors (Lipinski definition) is 0. The van der Waals surface area contributed by atoms with Gasteiger partial charge in [-0.05, 0) is 38.3 Å². The van der Waals surface area contributed by atoms with Crippen molar-refractivity contribution in [3.63, 3.8) is 0 Å². The molecule has 0 aromatic heterocycles.